The van der Waals surface area contributed by atoms with Gasteiger partial charge in [-0.05, 0) is 48.6 Å². The summed E-state index contributed by atoms with van der Waals surface area (Å²) < 4.78 is 6.08. The van der Waals surface area contributed by atoms with Gasteiger partial charge in [0.25, 0.3) is 0 Å². The smallest absolute Gasteiger partial charge is 0.217 e. The Kier molecular flexibility index (Phi) is 2.82. The average Bonchev–Trinajstić information content (AvgIpc) is 2.90. The number of benzene rings is 2. The van der Waals surface area contributed by atoms with Crippen LogP contribution in [-0.2, 0) is 6.42 Å². The molecule has 0 bridgehead atoms. The lowest BCUT2D eigenvalue weighted by Crippen LogP contribution is -2.30. The number of fused-ring (bicyclic) bond motifs is 2. The topological polar surface area (TPSA) is 38.1 Å². The zero-order valence-corrected chi connectivity index (χ0v) is 12.3. The molecule has 3 heteroatoms. The quantitative estimate of drug-likeness (QED) is 0.738. The first kappa shape index (κ1) is 12.6. The molecule has 2 heterocycles. The van der Waals surface area contributed by atoms with E-state index in [1.54, 1.807) is 0 Å². The first-order chi connectivity index (χ1) is 10.2. The van der Waals surface area contributed by atoms with Gasteiger partial charge in [0, 0.05) is 6.54 Å². The third-order valence-corrected chi connectivity index (χ3v) is 4.19. The fraction of sp³-hybridized carbons (Fsp3) is 0.278. The number of aryl methyl sites for hydroxylation is 2. The molecule has 0 amide bonds. The van der Waals surface area contributed by atoms with E-state index < -0.39 is 0 Å². The fourth-order valence-electron chi connectivity index (χ4n) is 3.24. The first-order valence-electron chi connectivity index (χ1n) is 7.41. The minimum absolute atomic E-state index is 0.0575. The Hall–Kier alpha value is -2.13. The van der Waals surface area contributed by atoms with E-state index in [0.29, 0.717) is 0 Å². The van der Waals surface area contributed by atoms with Gasteiger partial charge in [0.15, 0.2) is 5.58 Å². The number of rotatable bonds is 1. The number of nitrogens with one attached hydrogen (secondary N) is 1. The van der Waals surface area contributed by atoms with Crippen LogP contribution in [0.15, 0.2) is 40.8 Å². The summed E-state index contributed by atoms with van der Waals surface area (Å²) in [4.78, 5) is 4.73. The van der Waals surface area contributed by atoms with E-state index in [9.17, 15) is 0 Å². The number of hydrogen-bond donors (Lipinski definition) is 1. The number of aromatic nitrogens is 1. The van der Waals surface area contributed by atoms with E-state index in [-0.39, 0.29) is 6.04 Å². The fourth-order valence-corrected chi connectivity index (χ4v) is 3.24. The van der Waals surface area contributed by atoms with Gasteiger partial charge in [-0.15, -0.1) is 0 Å². The Morgan fingerprint density at radius 3 is 2.95 bits per heavy atom. The lowest BCUT2D eigenvalue weighted by molar-refractivity contribution is 0.439. The van der Waals surface area contributed by atoms with E-state index >= 15 is 0 Å². The number of hydrogen-bond acceptors (Lipinski definition) is 3. The van der Waals surface area contributed by atoms with E-state index in [2.05, 4.69) is 55.6 Å². The molecule has 1 aliphatic rings. The van der Waals surface area contributed by atoms with Crippen LogP contribution in [0.25, 0.3) is 11.1 Å². The Balaban J connectivity index is 1.86. The predicted molar refractivity (Wildman–Crippen MR) is 83.5 cm³/mol. The Bertz CT molecular complexity index is 819. The summed E-state index contributed by atoms with van der Waals surface area (Å²) in [5.41, 5.74) is 6.89. The summed E-state index contributed by atoms with van der Waals surface area (Å²) in [6, 6.07) is 12.8. The van der Waals surface area contributed by atoms with Crippen molar-refractivity contribution in [2.24, 2.45) is 0 Å². The zero-order chi connectivity index (χ0) is 14.4. The maximum Gasteiger partial charge on any atom is 0.217 e. The number of nitrogens with zero attached hydrogens (tertiary/aromatic N) is 1. The van der Waals surface area contributed by atoms with Gasteiger partial charge in [-0.1, -0.05) is 30.3 Å². The van der Waals surface area contributed by atoms with Crippen LogP contribution in [0.5, 0.6) is 0 Å². The van der Waals surface area contributed by atoms with Gasteiger partial charge in [0.2, 0.25) is 5.89 Å². The minimum atomic E-state index is 0.0575. The summed E-state index contributed by atoms with van der Waals surface area (Å²) in [6.45, 7) is 5.12. The van der Waals surface area contributed by atoms with Crippen molar-refractivity contribution in [2.75, 3.05) is 6.54 Å². The molecule has 0 radical (unpaired) electrons. The second-order valence-corrected chi connectivity index (χ2v) is 5.82. The molecule has 1 atom stereocenters. The highest BCUT2D eigenvalue weighted by molar-refractivity contribution is 5.77. The zero-order valence-electron chi connectivity index (χ0n) is 12.3. The minimum Gasteiger partial charge on any atom is -0.438 e. The molecule has 3 nitrogen and oxygen atoms in total. The van der Waals surface area contributed by atoms with Crippen LogP contribution in [0.4, 0.5) is 0 Å². The van der Waals surface area contributed by atoms with Crippen LogP contribution in [-0.4, -0.2) is 11.5 Å². The van der Waals surface area contributed by atoms with Crippen molar-refractivity contribution in [3.63, 3.8) is 0 Å². The molecule has 0 fully saturated rings. The van der Waals surface area contributed by atoms with Gasteiger partial charge in [-0.2, -0.15) is 0 Å². The molecule has 1 aromatic heterocycles. The Morgan fingerprint density at radius 1 is 1.19 bits per heavy atom. The molecule has 21 heavy (non-hydrogen) atoms. The van der Waals surface area contributed by atoms with Gasteiger partial charge in [-0.25, -0.2) is 4.98 Å². The molecule has 1 unspecified atom stereocenters. The highest BCUT2D eigenvalue weighted by atomic mass is 16.3. The average molecular weight is 278 g/mol. The van der Waals surface area contributed by atoms with Gasteiger partial charge in [-0.3, -0.25) is 0 Å². The Morgan fingerprint density at radius 2 is 2.05 bits per heavy atom. The van der Waals surface area contributed by atoms with Crippen molar-refractivity contribution in [1.82, 2.24) is 10.3 Å². The second kappa shape index (κ2) is 4.71. The molecule has 0 saturated heterocycles. The van der Waals surface area contributed by atoms with E-state index in [4.69, 9.17) is 9.40 Å². The molecule has 3 aromatic rings. The summed E-state index contributed by atoms with van der Waals surface area (Å²) in [5.74, 6) is 0.769. The van der Waals surface area contributed by atoms with Crippen molar-refractivity contribution in [3.05, 3.63) is 64.5 Å². The maximum absolute atomic E-state index is 6.08. The molecule has 0 aliphatic carbocycles. The predicted octanol–water partition coefficient (Wildman–Crippen LogP) is 3.68. The largest absolute Gasteiger partial charge is 0.438 e. The van der Waals surface area contributed by atoms with Crippen LogP contribution < -0.4 is 5.32 Å². The van der Waals surface area contributed by atoms with Crippen LogP contribution in [0.3, 0.4) is 0 Å². The highest BCUT2D eigenvalue weighted by Gasteiger charge is 2.25. The summed E-state index contributed by atoms with van der Waals surface area (Å²) in [5, 5.41) is 3.53. The lowest BCUT2D eigenvalue weighted by atomic mass is 9.94. The third kappa shape index (κ3) is 2.05. The van der Waals surface area contributed by atoms with Crippen LogP contribution in [0, 0.1) is 13.8 Å². The molecule has 4 rings (SSSR count). The highest BCUT2D eigenvalue weighted by Crippen LogP contribution is 2.31. The summed E-state index contributed by atoms with van der Waals surface area (Å²) >= 11 is 0. The Labute approximate surface area is 124 Å². The molecule has 1 aliphatic heterocycles. The van der Waals surface area contributed by atoms with Crippen molar-refractivity contribution in [1.29, 1.82) is 0 Å². The molecule has 0 spiro atoms. The first-order valence-corrected chi connectivity index (χ1v) is 7.41. The van der Waals surface area contributed by atoms with Gasteiger partial charge < -0.3 is 9.73 Å². The summed E-state index contributed by atoms with van der Waals surface area (Å²) in [7, 11) is 0. The third-order valence-electron chi connectivity index (χ3n) is 4.19. The van der Waals surface area contributed by atoms with Crippen LogP contribution in [0.1, 0.15) is 34.2 Å². The molecular formula is C18H18N2O. The normalized spacial score (nSPS) is 17.9. The molecule has 106 valence electrons. The number of oxazole rings is 1. The molecule has 1 N–H and O–H groups in total. The van der Waals surface area contributed by atoms with Crippen molar-refractivity contribution >= 4 is 11.1 Å². The maximum atomic E-state index is 6.08. The van der Waals surface area contributed by atoms with Crippen molar-refractivity contribution < 1.29 is 4.42 Å². The second-order valence-electron chi connectivity index (χ2n) is 5.82. The van der Waals surface area contributed by atoms with E-state index in [0.717, 1.165) is 35.5 Å². The van der Waals surface area contributed by atoms with Gasteiger partial charge >= 0.3 is 0 Å². The lowest BCUT2D eigenvalue weighted by Gasteiger charge is -2.24. The van der Waals surface area contributed by atoms with Crippen molar-refractivity contribution in [3.8, 4) is 0 Å². The van der Waals surface area contributed by atoms with Crippen molar-refractivity contribution in [2.45, 2.75) is 26.3 Å². The SMILES string of the molecule is Cc1cc(C)c2oc(C3NCCc4ccccc43)nc2c1. The van der Waals surface area contributed by atoms with Crippen LogP contribution in [0.2, 0.25) is 0 Å². The van der Waals surface area contributed by atoms with E-state index in [1.165, 1.54) is 16.7 Å². The molecule has 0 saturated carbocycles. The standard InChI is InChI=1S/C18H18N2O/c1-11-9-12(2)17-15(10-11)20-18(21-17)16-14-6-4-3-5-13(14)7-8-19-16/h3-6,9-10,16,19H,7-8H2,1-2H3. The van der Waals surface area contributed by atoms with Crippen LogP contribution >= 0.6 is 0 Å². The van der Waals surface area contributed by atoms with E-state index in [1.807, 2.05) is 0 Å². The molecule has 2 aromatic carbocycles. The monoisotopic (exact) mass is 278 g/mol. The van der Waals surface area contributed by atoms with Gasteiger partial charge in [0.05, 0.1) is 0 Å². The van der Waals surface area contributed by atoms with Gasteiger partial charge in [0.1, 0.15) is 11.6 Å². The molecular weight excluding hydrogens is 260 g/mol. The summed E-state index contributed by atoms with van der Waals surface area (Å²) in [6.07, 6.45) is 1.06.